The highest BCUT2D eigenvalue weighted by molar-refractivity contribution is 5.83. The minimum absolute atomic E-state index is 0.378. The van der Waals surface area contributed by atoms with Crippen molar-refractivity contribution in [3.8, 4) is 62.6 Å². The van der Waals surface area contributed by atoms with E-state index in [1.807, 2.05) is 121 Å². The van der Waals surface area contributed by atoms with E-state index in [1.165, 1.54) is 0 Å². The zero-order valence-electron chi connectivity index (χ0n) is 21.9. The maximum Gasteiger partial charge on any atom is 0.221 e. The van der Waals surface area contributed by atoms with Gasteiger partial charge in [-0.05, 0) is 47.0 Å². The van der Waals surface area contributed by atoms with Crippen LogP contribution in [0.2, 0.25) is 0 Å². The lowest BCUT2D eigenvalue weighted by molar-refractivity contribution is 0.446. The Bertz CT molecular complexity index is 1800. The van der Waals surface area contributed by atoms with Crippen LogP contribution in [-0.4, -0.2) is 9.97 Å². The number of pyridine rings is 2. The largest absolute Gasteiger partial charge is 0.421 e. The second-order valence-corrected chi connectivity index (χ2v) is 9.28. The van der Waals surface area contributed by atoms with Gasteiger partial charge in [0, 0.05) is 28.8 Å². The number of aromatic nitrogens is 2. The van der Waals surface area contributed by atoms with Gasteiger partial charge in [-0.1, -0.05) is 91.0 Å². The van der Waals surface area contributed by atoms with E-state index in [0.29, 0.717) is 34.4 Å². The van der Waals surface area contributed by atoms with Crippen molar-refractivity contribution in [3.05, 3.63) is 150 Å². The van der Waals surface area contributed by atoms with Gasteiger partial charge >= 0.3 is 0 Å². The summed E-state index contributed by atoms with van der Waals surface area (Å²) >= 11 is 0. The van der Waals surface area contributed by atoms with Crippen molar-refractivity contribution in [1.29, 1.82) is 5.26 Å². The van der Waals surface area contributed by atoms with E-state index in [2.05, 4.69) is 10.9 Å². The number of benzene rings is 4. The average Bonchev–Trinajstić information content (AvgIpc) is 3.05. The normalized spacial score (nSPS) is 10.4. The van der Waals surface area contributed by atoms with E-state index in [-0.39, 0.29) is 0 Å². The van der Waals surface area contributed by atoms with E-state index in [0.717, 1.165) is 33.4 Å². The van der Waals surface area contributed by atoms with Crippen molar-refractivity contribution in [2.24, 2.45) is 0 Å². The molecule has 0 N–H and O–H groups in total. The summed E-state index contributed by atoms with van der Waals surface area (Å²) in [4.78, 5) is 13.4. The highest BCUT2D eigenvalue weighted by atomic mass is 16.5. The summed E-state index contributed by atoms with van der Waals surface area (Å²) < 4.78 is 6.25. The number of ether oxygens (including phenoxy) is 1. The first-order chi connectivity index (χ1) is 20.2. The van der Waals surface area contributed by atoms with Gasteiger partial charge in [0.1, 0.15) is 0 Å². The Hall–Kier alpha value is -6.04. The predicted molar refractivity (Wildman–Crippen MR) is 161 cm³/mol. The van der Waals surface area contributed by atoms with Crippen molar-refractivity contribution in [1.82, 2.24) is 9.97 Å². The molecule has 4 aromatic carbocycles. The molecule has 0 spiro atoms. The second-order valence-electron chi connectivity index (χ2n) is 9.28. The molecule has 0 unspecified atom stereocenters. The van der Waals surface area contributed by atoms with Crippen molar-refractivity contribution in [2.45, 2.75) is 0 Å². The zero-order valence-corrected chi connectivity index (χ0v) is 21.9. The Balaban J connectivity index is 1.45. The van der Waals surface area contributed by atoms with E-state index in [1.54, 1.807) is 12.1 Å². The number of nitriles is 1. The molecule has 6 rings (SSSR count). The molecule has 2 heterocycles. The van der Waals surface area contributed by atoms with Crippen LogP contribution in [0, 0.1) is 17.9 Å². The molecule has 0 bridgehead atoms. The van der Waals surface area contributed by atoms with Crippen molar-refractivity contribution in [3.63, 3.8) is 0 Å². The van der Waals surface area contributed by atoms with Crippen molar-refractivity contribution >= 4 is 5.69 Å². The zero-order chi connectivity index (χ0) is 28.0. The number of hydrogen-bond acceptors (Lipinski definition) is 4. The molecule has 2 aromatic heterocycles. The van der Waals surface area contributed by atoms with Crippen LogP contribution in [0.25, 0.3) is 49.6 Å². The fourth-order valence-electron chi connectivity index (χ4n) is 4.70. The Labute approximate surface area is 238 Å². The first kappa shape index (κ1) is 25.2. The number of nitrogens with zero attached hydrogens (tertiary/aromatic N) is 4. The lowest BCUT2D eigenvalue weighted by Gasteiger charge is -2.14. The first-order valence-corrected chi connectivity index (χ1v) is 13.0. The third-order valence-corrected chi connectivity index (χ3v) is 6.63. The predicted octanol–water partition coefficient (Wildman–Crippen LogP) is 9.36. The summed E-state index contributed by atoms with van der Waals surface area (Å²) in [5.74, 6) is 0.757. The Morgan fingerprint density at radius 2 is 1.07 bits per heavy atom. The topological polar surface area (TPSA) is 63.2 Å². The quantitative estimate of drug-likeness (QED) is 0.203. The lowest BCUT2D eigenvalue weighted by atomic mass is 9.98. The summed E-state index contributed by atoms with van der Waals surface area (Å²) in [5, 5.41) is 9.48. The first-order valence-electron chi connectivity index (χ1n) is 13.0. The van der Waals surface area contributed by atoms with Gasteiger partial charge in [-0.25, -0.2) is 14.8 Å². The molecule has 192 valence electrons. The van der Waals surface area contributed by atoms with Crippen LogP contribution in [0.1, 0.15) is 5.56 Å². The van der Waals surface area contributed by atoms with Crippen LogP contribution in [0.5, 0.6) is 11.8 Å². The maximum absolute atomic E-state index is 9.48. The van der Waals surface area contributed by atoms with Gasteiger partial charge in [-0.15, -0.1) is 0 Å². The molecule has 0 aliphatic carbocycles. The van der Waals surface area contributed by atoms with Crippen LogP contribution in [0.15, 0.2) is 133 Å². The SMILES string of the molecule is [C-]#[N+]c1cccc(-c2nc(Oc3ccc(-c4ccccc4)c(-c4cccc(C#N)c4)n3)ccc2-c2ccccc2)c1. The van der Waals surface area contributed by atoms with E-state index in [9.17, 15) is 5.26 Å². The minimum atomic E-state index is 0.378. The lowest BCUT2D eigenvalue weighted by Crippen LogP contribution is -1.97. The van der Waals surface area contributed by atoms with Crippen LogP contribution in [-0.2, 0) is 0 Å². The molecular formula is C36H22N4O. The molecule has 5 heteroatoms. The standard InChI is InChI=1S/C36H22N4O/c1-38-30-17-9-16-29(23-30)36-32(27-13-6-3-7-14-27)19-21-34(40-36)41-33-20-18-31(26-11-4-2-5-12-26)35(39-33)28-15-8-10-25(22-28)24-37/h2-23H. The van der Waals surface area contributed by atoms with E-state index < -0.39 is 0 Å². The van der Waals surface area contributed by atoms with E-state index >= 15 is 0 Å². The Morgan fingerprint density at radius 1 is 0.561 bits per heavy atom. The molecule has 6 aromatic rings. The summed E-state index contributed by atoms with van der Waals surface area (Å²) in [6.07, 6.45) is 0. The third kappa shape index (κ3) is 5.43. The molecule has 0 fully saturated rings. The monoisotopic (exact) mass is 526 g/mol. The molecule has 0 atom stereocenters. The molecule has 0 aliphatic heterocycles. The van der Waals surface area contributed by atoms with Gasteiger partial charge in [0.2, 0.25) is 11.8 Å². The fourth-order valence-corrected chi connectivity index (χ4v) is 4.70. The summed E-state index contributed by atoms with van der Waals surface area (Å²) in [7, 11) is 0. The minimum Gasteiger partial charge on any atom is -0.421 e. The van der Waals surface area contributed by atoms with Crippen LogP contribution >= 0.6 is 0 Å². The third-order valence-electron chi connectivity index (χ3n) is 6.63. The van der Waals surface area contributed by atoms with Crippen molar-refractivity contribution < 1.29 is 4.74 Å². The van der Waals surface area contributed by atoms with Crippen LogP contribution in [0.4, 0.5) is 5.69 Å². The molecule has 0 aliphatic rings. The van der Waals surface area contributed by atoms with E-state index in [4.69, 9.17) is 21.3 Å². The van der Waals surface area contributed by atoms with Gasteiger partial charge in [-0.3, -0.25) is 0 Å². The Kier molecular flexibility index (Phi) is 7.00. The highest BCUT2D eigenvalue weighted by Gasteiger charge is 2.15. The average molecular weight is 527 g/mol. The molecule has 0 saturated heterocycles. The molecule has 5 nitrogen and oxygen atoms in total. The fraction of sp³-hybridized carbons (Fsp3) is 0. The molecule has 0 saturated carbocycles. The van der Waals surface area contributed by atoms with Crippen molar-refractivity contribution in [2.75, 3.05) is 0 Å². The summed E-state index contributed by atoms with van der Waals surface area (Å²) in [6, 6.07) is 44.6. The number of hydrogen-bond donors (Lipinski definition) is 0. The summed E-state index contributed by atoms with van der Waals surface area (Å²) in [6.45, 7) is 7.46. The van der Waals surface area contributed by atoms with Gasteiger partial charge in [0.25, 0.3) is 0 Å². The van der Waals surface area contributed by atoms with Crippen LogP contribution in [0.3, 0.4) is 0 Å². The Morgan fingerprint density at radius 3 is 1.61 bits per heavy atom. The molecule has 0 radical (unpaired) electrons. The van der Waals surface area contributed by atoms with Gasteiger partial charge in [0.05, 0.1) is 29.6 Å². The highest BCUT2D eigenvalue weighted by Crippen LogP contribution is 2.37. The van der Waals surface area contributed by atoms with Gasteiger partial charge in [-0.2, -0.15) is 5.26 Å². The smallest absolute Gasteiger partial charge is 0.221 e. The second kappa shape index (κ2) is 11.4. The van der Waals surface area contributed by atoms with Gasteiger partial charge in [0.15, 0.2) is 5.69 Å². The molecule has 41 heavy (non-hydrogen) atoms. The summed E-state index contributed by atoms with van der Waals surface area (Å²) in [5.41, 5.74) is 8.03. The number of rotatable bonds is 6. The molecular weight excluding hydrogens is 504 g/mol. The molecule has 0 amide bonds. The maximum atomic E-state index is 9.48. The van der Waals surface area contributed by atoms with Gasteiger partial charge < -0.3 is 4.74 Å². The van der Waals surface area contributed by atoms with Crippen LogP contribution < -0.4 is 4.74 Å².